The van der Waals surface area contributed by atoms with Crippen LogP contribution in [-0.2, 0) is 4.79 Å². The van der Waals surface area contributed by atoms with E-state index in [0.29, 0.717) is 0 Å². The zero-order valence-corrected chi connectivity index (χ0v) is 5.72. The first kappa shape index (κ1) is 8.39. The standard InChI is InChI=1S/C5H12N2O2/c1-3(8)4(6)5(9)7-2/h3-4,8H,6H2,1-2H3,(H,7,9)/p+1/t3-,4+/m1/s1. The quantitative estimate of drug-likeness (QED) is 0.397. The lowest BCUT2D eigenvalue weighted by Crippen LogP contribution is -2.71. The SMILES string of the molecule is CNC(=O)[C@@H]([NH3+])[C@@H](C)O. The van der Waals surface area contributed by atoms with Crippen LogP contribution in [-0.4, -0.2) is 30.2 Å². The van der Waals surface area contributed by atoms with Gasteiger partial charge < -0.3 is 16.2 Å². The Morgan fingerprint density at radius 2 is 2.22 bits per heavy atom. The van der Waals surface area contributed by atoms with Gasteiger partial charge in [0.1, 0.15) is 6.10 Å². The van der Waals surface area contributed by atoms with Crippen molar-refractivity contribution in [3.05, 3.63) is 0 Å². The fraction of sp³-hybridized carbons (Fsp3) is 0.800. The summed E-state index contributed by atoms with van der Waals surface area (Å²) in [6, 6.07) is -0.560. The van der Waals surface area contributed by atoms with Crippen LogP contribution in [0, 0.1) is 0 Å². The minimum absolute atomic E-state index is 0.231. The van der Waals surface area contributed by atoms with E-state index in [9.17, 15) is 4.79 Å². The molecule has 1 amide bonds. The maximum atomic E-state index is 10.6. The van der Waals surface area contributed by atoms with Gasteiger partial charge in [0.25, 0.3) is 5.91 Å². The van der Waals surface area contributed by atoms with Crippen molar-refractivity contribution in [3.8, 4) is 0 Å². The van der Waals surface area contributed by atoms with Crippen LogP contribution in [0.5, 0.6) is 0 Å². The van der Waals surface area contributed by atoms with Crippen LogP contribution in [0.15, 0.2) is 0 Å². The highest BCUT2D eigenvalue weighted by molar-refractivity contribution is 5.80. The van der Waals surface area contributed by atoms with Crippen LogP contribution in [0.4, 0.5) is 0 Å². The van der Waals surface area contributed by atoms with Crippen molar-refractivity contribution in [1.82, 2.24) is 5.32 Å². The zero-order chi connectivity index (χ0) is 7.44. The molecule has 0 saturated carbocycles. The smallest absolute Gasteiger partial charge is 0.280 e. The van der Waals surface area contributed by atoms with Gasteiger partial charge in [-0.2, -0.15) is 0 Å². The molecule has 0 bridgehead atoms. The fourth-order valence-electron chi connectivity index (χ4n) is 0.404. The summed E-state index contributed by atoms with van der Waals surface area (Å²) in [4.78, 5) is 10.6. The second kappa shape index (κ2) is 3.42. The highest BCUT2D eigenvalue weighted by Crippen LogP contribution is 1.83. The Morgan fingerprint density at radius 3 is 2.33 bits per heavy atom. The van der Waals surface area contributed by atoms with Gasteiger partial charge in [-0.25, -0.2) is 0 Å². The molecule has 0 spiro atoms. The van der Waals surface area contributed by atoms with E-state index >= 15 is 0 Å². The molecule has 0 aliphatic heterocycles. The minimum atomic E-state index is -0.676. The van der Waals surface area contributed by atoms with Gasteiger partial charge in [0.2, 0.25) is 0 Å². The Hall–Kier alpha value is -0.610. The zero-order valence-electron chi connectivity index (χ0n) is 5.72. The molecule has 0 unspecified atom stereocenters. The first-order valence-electron chi connectivity index (χ1n) is 2.82. The Labute approximate surface area is 54.0 Å². The van der Waals surface area contributed by atoms with Gasteiger partial charge in [-0.15, -0.1) is 0 Å². The Bertz CT molecular complexity index is 103. The van der Waals surface area contributed by atoms with Gasteiger partial charge in [-0.05, 0) is 6.92 Å². The van der Waals surface area contributed by atoms with E-state index in [-0.39, 0.29) is 5.91 Å². The van der Waals surface area contributed by atoms with E-state index in [1.807, 2.05) is 0 Å². The number of likely N-dealkylation sites (N-methyl/N-ethyl adjacent to an activating group) is 1. The van der Waals surface area contributed by atoms with E-state index in [2.05, 4.69) is 11.1 Å². The first-order chi connectivity index (χ1) is 4.09. The lowest BCUT2D eigenvalue weighted by atomic mass is 10.2. The first-order valence-corrected chi connectivity index (χ1v) is 2.82. The molecule has 0 fully saturated rings. The molecular weight excluding hydrogens is 120 g/mol. The maximum Gasteiger partial charge on any atom is 0.280 e. The number of aliphatic hydroxyl groups is 1. The van der Waals surface area contributed by atoms with Gasteiger partial charge >= 0.3 is 0 Å². The third-order valence-electron chi connectivity index (χ3n) is 1.17. The van der Waals surface area contributed by atoms with Gasteiger partial charge in [0.15, 0.2) is 6.04 Å². The minimum Gasteiger partial charge on any atom is -0.387 e. The van der Waals surface area contributed by atoms with Crippen LogP contribution in [0.25, 0.3) is 0 Å². The Balaban J connectivity index is 3.72. The molecule has 5 N–H and O–H groups in total. The highest BCUT2D eigenvalue weighted by atomic mass is 16.3. The summed E-state index contributed by atoms with van der Waals surface area (Å²) >= 11 is 0. The lowest BCUT2D eigenvalue weighted by Gasteiger charge is -2.08. The molecule has 0 saturated heterocycles. The van der Waals surface area contributed by atoms with Crippen LogP contribution < -0.4 is 11.1 Å². The third-order valence-corrected chi connectivity index (χ3v) is 1.17. The van der Waals surface area contributed by atoms with E-state index in [4.69, 9.17) is 5.11 Å². The average Bonchev–Trinajstić information content (AvgIpc) is 1.84. The molecular formula is C5H13N2O2+. The molecule has 0 heterocycles. The van der Waals surface area contributed by atoms with Gasteiger partial charge in [0.05, 0.1) is 0 Å². The van der Waals surface area contributed by atoms with Crippen molar-refractivity contribution in [2.75, 3.05) is 7.05 Å². The average molecular weight is 133 g/mol. The summed E-state index contributed by atoms with van der Waals surface area (Å²) in [6.07, 6.45) is -0.676. The molecule has 9 heavy (non-hydrogen) atoms. The van der Waals surface area contributed by atoms with E-state index < -0.39 is 12.1 Å². The molecule has 54 valence electrons. The number of nitrogens with one attached hydrogen (secondary N) is 1. The van der Waals surface area contributed by atoms with E-state index in [1.165, 1.54) is 14.0 Å². The topological polar surface area (TPSA) is 77.0 Å². The number of hydrogen-bond donors (Lipinski definition) is 3. The number of aliphatic hydroxyl groups excluding tert-OH is 1. The lowest BCUT2D eigenvalue weighted by molar-refractivity contribution is -0.419. The van der Waals surface area contributed by atoms with Crippen LogP contribution >= 0.6 is 0 Å². The number of carbonyl (C=O) groups is 1. The number of quaternary nitrogens is 1. The molecule has 0 aromatic carbocycles. The summed E-state index contributed by atoms with van der Waals surface area (Å²) in [5.41, 5.74) is 3.45. The van der Waals surface area contributed by atoms with Gasteiger partial charge in [-0.1, -0.05) is 0 Å². The fourth-order valence-corrected chi connectivity index (χ4v) is 0.404. The van der Waals surface area contributed by atoms with Crippen LogP contribution in [0.1, 0.15) is 6.92 Å². The second-order valence-corrected chi connectivity index (χ2v) is 1.96. The van der Waals surface area contributed by atoms with Crippen molar-refractivity contribution in [3.63, 3.8) is 0 Å². The van der Waals surface area contributed by atoms with Crippen molar-refractivity contribution in [2.24, 2.45) is 0 Å². The molecule has 0 aliphatic rings. The molecule has 0 aliphatic carbocycles. The largest absolute Gasteiger partial charge is 0.387 e. The summed E-state index contributed by atoms with van der Waals surface area (Å²) in [7, 11) is 1.52. The third kappa shape index (κ3) is 2.43. The van der Waals surface area contributed by atoms with Crippen molar-refractivity contribution in [1.29, 1.82) is 0 Å². The van der Waals surface area contributed by atoms with Gasteiger partial charge in [0, 0.05) is 7.05 Å². The highest BCUT2D eigenvalue weighted by Gasteiger charge is 2.20. The summed E-state index contributed by atoms with van der Waals surface area (Å²) < 4.78 is 0. The number of carbonyl (C=O) groups excluding carboxylic acids is 1. The van der Waals surface area contributed by atoms with Gasteiger partial charge in [-0.3, -0.25) is 4.79 Å². The molecule has 0 radical (unpaired) electrons. The van der Waals surface area contributed by atoms with E-state index in [1.54, 1.807) is 0 Å². The summed E-state index contributed by atoms with van der Waals surface area (Å²) in [5.74, 6) is -0.231. The van der Waals surface area contributed by atoms with Crippen LogP contribution in [0.3, 0.4) is 0 Å². The molecule has 2 atom stereocenters. The van der Waals surface area contributed by atoms with Crippen molar-refractivity contribution in [2.45, 2.75) is 19.1 Å². The second-order valence-electron chi connectivity index (χ2n) is 1.96. The normalized spacial score (nSPS) is 16.4. The molecule has 4 nitrogen and oxygen atoms in total. The molecule has 0 aromatic rings. The summed E-state index contributed by atoms with van der Waals surface area (Å²) in [6.45, 7) is 1.53. The Kier molecular flexibility index (Phi) is 3.19. The monoisotopic (exact) mass is 133 g/mol. The predicted octanol–water partition coefficient (Wildman–Crippen LogP) is -2.28. The predicted molar refractivity (Wildman–Crippen MR) is 32.4 cm³/mol. The molecule has 0 rings (SSSR count). The van der Waals surface area contributed by atoms with Crippen molar-refractivity contribution >= 4 is 5.91 Å². The number of rotatable bonds is 2. The molecule has 0 aromatic heterocycles. The van der Waals surface area contributed by atoms with Crippen molar-refractivity contribution < 1.29 is 15.6 Å². The number of amides is 1. The Morgan fingerprint density at radius 1 is 1.78 bits per heavy atom. The number of hydrogen-bond acceptors (Lipinski definition) is 2. The summed E-state index contributed by atoms with van der Waals surface area (Å²) in [5, 5.41) is 11.2. The maximum absolute atomic E-state index is 10.6. The molecule has 4 heteroatoms. The van der Waals surface area contributed by atoms with E-state index in [0.717, 1.165) is 0 Å². The van der Waals surface area contributed by atoms with Crippen LogP contribution in [0.2, 0.25) is 0 Å².